The maximum Gasteiger partial charge on any atom is 0.248 e. The Morgan fingerprint density at radius 1 is 1.29 bits per heavy atom. The molecule has 2 heterocycles. The number of carbonyl (C=O) groups is 1. The number of amides is 1. The van der Waals surface area contributed by atoms with Crippen LogP contribution in [-0.4, -0.2) is 40.9 Å². The molecule has 1 fully saturated rings. The molecule has 1 amide bonds. The van der Waals surface area contributed by atoms with Crippen LogP contribution in [0, 0.1) is 23.1 Å². The van der Waals surface area contributed by atoms with Crippen LogP contribution >= 0.6 is 11.6 Å². The molecule has 0 saturated carbocycles. The zero-order valence-electron chi connectivity index (χ0n) is 19.2. The van der Waals surface area contributed by atoms with Crippen molar-refractivity contribution in [1.29, 1.82) is 0 Å². The Bertz CT molecular complexity index is 1350. The molecular formula is C26H25ClFN5O. The van der Waals surface area contributed by atoms with Crippen LogP contribution in [-0.2, 0) is 4.79 Å². The summed E-state index contributed by atoms with van der Waals surface area (Å²) in [6, 6.07) is 8.27. The van der Waals surface area contributed by atoms with Crippen molar-refractivity contribution in [1.82, 2.24) is 14.9 Å². The molecule has 1 atom stereocenters. The van der Waals surface area contributed by atoms with E-state index in [1.807, 2.05) is 6.07 Å². The number of hydrogen-bond donors (Lipinski definition) is 2. The van der Waals surface area contributed by atoms with Crippen LogP contribution in [0.3, 0.4) is 0 Å². The third kappa shape index (κ3) is 5.19. The molecule has 3 aromatic rings. The van der Waals surface area contributed by atoms with Gasteiger partial charge < -0.3 is 15.5 Å². The number of nitrogens with zero attached hydrogens (tertiary/aromatic N) is 3. The molecule has 0 radical (unpaired) electrons. The molecule has 1 saturated heterocycles. The van der Waals surface area contributed by atoms with Gasteiger partial charge in [0, 0.05) is 17.3 Å². The first-order valence-corrected chi connectivity index (χ1v) is 11.3. The molecule has 1 aliphatic rings. The lowest BCUT2D eigenvalue weighted by molar-refractivity contribution is -0.111. The van der Waals surface area contributed by atoms with E-state index in [0.717, 1.165) is 19.5 Å². The summed E-state index contributed by atoms with van der Waals surface area (Å²) in [5, 5.41) is 6.50. The minimum absolute atomic E-state index is 0.00581. The molecule has 1 aromatic heterocycles. The van der Waals surface area contributed by atoms with E-state index >= 15 is 0 Å². The first-order valence-electron chi connectivity index (χ1n) is 10.9. The number of rotatable bonds is 4. The maximum atomic E-state index is 14.5. The Morgan fingerprint density at radius 3 is 2.85 bits per heavy atom. The van der Waals surface area contributed by atoms with E-state index in [1.54, 1.807) is 31.2 Å². The highest BCUT2D eigenvalue weighted by Crippen LogP contribution is 2.32. The van der Waals surface area contributed by atoms with E-state index in [4.69, 9.17) is 11.6 Å². The Labute approximate surface area is 203 Å². The lowest BCUT2D eigenvalue weighted by Gasteiger charge is -2.16. The van der Waals surface area contributed by atoms with Crippen molar-refractivity contribution < 1.29 is 9.18 Å². The van der Waals surface area contributed by atoms with Gasteiger partial charge in [0.2, 0.25) is 5.91 Å². The van der Waals surface area contributed by atoms with Gasteiger partial charge in [0.1, 0.15) is 12.1 Å². The molecule has 0 unspecified atom stereocenters. The fraction of sp³-hybridized carbons (Fsp3) is 0.269. The Kier molecular flexibility index (Phi) is 6.82. The smallest absolute Gasteiger partial charge is 0.248 e. The standard InChI is InChI=1S/C26H25ClFN5O/c1-4-6-23(34)31-21-14-18-22(13-17(21)9-10-26(2)11-12-33(3)15-26)29-16-30-25(18)32-20-8-5-7-19(27)24(20)28/h4-8,13-14,16H,11-12,15H2,1-3H3,(H,31,34)(H,29,30,32)/b6-4+/t26-/m0/s1. The van der Waals surface area contributed by atoms with Crippen molar-refractivity contribution in [2.45, 2.75) is 20.3 Å². The van der Waals surface area contributed by atoms with Gasteiger partial charge in [0.25, 0.3) is 0 Å². The Hall–Kier alpha value is -3.47. The lowest BCUT2D eigenvalue weighted by Crippen LogP contribution is -2.20. The molecule has 0 spiro atoms. The molecule has 2 aromatic carbocycles. The fourth-order valence-electron chi connectivity index (χ4n) is 3.97. The molecular weight excluding hydrogens is 453 g/mol. The molecule has 0 bridgehead atoms. The number of aromatic nitrogens is 2. The zero-order valence-corrected chi connectivity index (χ0v) is 20.0. The van der Waals surface area contributed by atoms with Gasteiger partial charge in [-0.3, -0.25) is 4.79 Å². The highest BCUT2D eigenvalue weighted by Gasteiger charge is 2.30. The van der Waals surface area contributed by atoms with Crippen LogP contribution < -0.4 is 10.6 Å². The van der Waals surface area contributed by atoms with Crippen LogP contribution in [0.15, 0.2) is 48.8 Å². The SMILES string of the molecule is C/C=C/C(=O)Nc1cc2c(Nc3cccc(Cl)c3F)ncnc2cc1C#C[C@@]1(C)CCN(C)C1. The van der Waals surface area contributed by atoms with Crippen LogP contribution in [0.25, 0.3) is 10.9 Å². The van der Waals surface area contributed by atoms with Crippen molar-refractivity contribution in [3.05, 3.63) is 65.2 Å². The van der Waals surface area contributed by atoms with Gasteiger partial charge in [-0.15, -0.1) is 0 Å². The predicted molar refractivity (Wildman–Crippen MR) is 135 cm³/mol. The largest absolute Gasteiger partial charge is 0.337 e. The van der Waals surface area contributed by atoms with Crippen LogP contribution in [0.2, 0.25) is 5.02 Å². The second kappa shape index (κ2) is 9.80. The number of allylic oxidation sites excluding steroid dienone is 1. The van der Waals surface area contributed by atoms with Gasteiger partial charge >= 0.3 is 0 Å². The van der Waals surface area contributed by atoms with Gasteiger partial charge in [-0.1, -0.05) is 35.6 Å². The van der Waals surface area contributed by atoms with Crippen molar-refractivity contribution >= 4 is 45.6 Å². The quantitative estimate of drug-likeness (QED) is 0.390. The topological polar surface area (TPSA) is 70.1 Å². The Balaban J connectivity index is 1.79. The number of anilines is 3. The predicted octanol–water partition coefficient (Wildman–Crippen LogP) is 5.37. The van der Waals surface area contributed by atoms with E-state index < -0.39 is 5.82 Å². The van der Waals surface area contributed by atoms with Crippen LogP contribution in [0.4, 0.5) is 21.6 Å². The molecule has 174 valence electrons. The second-order valence-corrected chi connectivity index (χ2v) is 9.06. The summed E-state index contributed by atoms with van der Waals surface area (Å²) in [5.74, 6) is 6.20. The van der Waals surface area contributed by atoms with E-state index in [1.165, 1.54) is 18.5 Å². The summed E-state index contributed by atoms with van der Waals surface area (Å²) in [7, 11) is 2.08. The highest BCUT2D eigenvalue weighted by molar-refractivity contribution is 6.31. The van der Waals surface area contributed by atoms with E-state index in [0.29, 0.717) is 28.0 Å². The number of likely N-dealkylation sites (tertiary alicyclic amines) is 1. The summed E-state index contributed by atoms with van der Waals surface area (Å²) in [6.45, 7) is 5.80. The average Bonchev–Trinajstić information content (AvgIpc) is 3.14. The van der Waals surface area contributed by atoms with Gasteiger partial charge in [-0.05, 0) is 64.2 Å². The summed E-state index contributed by atoms with van der Waals surface area (Å²) in [6.07, 6.45) is 5.48. The van der Waals surface area contributed by atoms with Crippen molar-refractivity contribution in [2.75, 3.05) is 30.8 Å². The third-order valence-corrected chi connectivity index (χ3v) is 6.01. The second-order valence-electron chi connectivity index (χ2n) is 8.65. The molecule has 0 aliphatic carbocycles. The number of fused-ring (bicyclic) bond motifs is 1. The zero-order chi connectivity index (χ0) is 24.3. The summed E-state index contributed by atoms with van der Waals surface area (Å²) in [4.78, 5) is 23.3. The summed E-state index contributed by atoms with van der Waals surface area (Å²) >= 11 is 5.92. The first kappa shape index (κ1) is 23.7. The maximum absolute atomic E-state index is 14.5. The molecule has 34 heavy (non-hydrogen) atoms. The molecule has 4 rings (SSSR count). The number of carbonyl (C=O) groups excluding carboxylic acids is 1. The number of nitrogens with one attached hydrogen (secondary N) is 2. The van der Waals surface area contributed by atoms with Gasteiger partial charge in [-0.25, -0.2) is 14.4 Å². The van der Waals surface area contributed by atoms with Crippen LogP contribution in [0.1, 0.15) is 25.8 Å². The summed E-state index contributed by atoms with van der Waals surface area (Å²) < 4.78 is 14.5. The summed E-state index contributed by atoms with van der Waals surface area (Å²) in [5.41, 5.74) is 1.86. The van der Waals surface area contributed by atoms with Gasteiger partial charge in [0.05, 0.1) is 27.5 Å². The van der Waals surface area contributed by atoms with E-state index in [2.05, 4.69) is 51.3 Å². The number of benzene rings is 2. The van der Waals surface area contributed by atoms with Gasteiger partial charge in [0.15, 0.2) is 5.82 Å². The molecule has 2 N–H and O–H groups in total. The molecule has 1 aliphatic heterocycles. The van der Waals surface area contributed by atoms with Crippen molar-refractivity contribution in [3.8, 4) is 11.8 Å². The first-order chi connectivity index (χ1) is 16.3. The van der Waals surface area contributed by atoms with E-state index in [9.17, 15) is 9.18 Å². The molecule has 6 nitrogen and oxygen atoms in total. The van der Waals surface area contributed by atoms with Crippen molar-refractivity contribution in [3.63, 3.8) is 0 Å². The fourth-order valence-corrected chi connectivity index (χ4v) is 4.15. The highest BCUT2D eigenvalue weighted by atomic mass is 35.5. The number of hydrogen-bond acceptors (Lipinski definition) is 5. The molecule has 8 heteroatoms. The minimum Gasteiger partial charge on any atom is -0.337 e. The minimum atomic E-state index is -0.574. The average molecular weight is 478 g/mol. The normalized spacial score (nSPS) is 18.1. The van der Waals surface area contributed by atoms with E-state index in [-0.39, 0.29) is 22.0 Å². The Morgan fingerprint density at radius 2 is 2.12 bits per heavy atom. The monoisotopic (exact) mass is 477 g/mol. The van der Waals surface area contributed by atoms with Crippen molar-refractivity contribution in [2.24, 2.45) is 5.41 Å². The third-order valence-electron chi connectivity index (χ3n) is 5.72. The lowest BCUT2D eigenvalue weighted by atomic mass is 9.90. The van der Waals surface area contributed by atoms with Gasteiger partial charge in [-0.2, -0.15) is 0 Å². The number of halogens is 2. The van der Waals surface area contributed by atoms with Crippen LogP contribution in [0.5, 0.6) is 0 Å².